The van der Waals surface area contributed by atoms with Crippen LogP contribution in [0, 0.1) is 5.82 Å². The standard InChI is InChI=1S/C21H23FN2O4/c1-15(28-20(25)14-16-2-4-17(22)5-3-16)21(26)23-18-6-8-19(9-7-18)24-10-12-27-13-11-24/h2-9,15H,10-14H2,1H3,(H,23,26)/t15-/m0/s1. The Balaban J connectivity index is 1.49. The molecule has 0 bridgehead atoms. The Morgan fingerprint density at radius 2 is 1.75 bits per heavy atom. The number of amides is 1. The van der Waals surface area contributed by atoms with Crippen LogP contribution in [0.3, 0.4) is 0 Å². The molecule has 1 saturated heterocycles. The van der Waals surface area contributed by atoms with E-state index in [1.807, 2.05) is 24.3 Å². The van der Waals surface area contributed by atoms with Crippen molar-refractivity contribution in [2.24, 2.45) is 0 Å². The van der Waals surface area contributed by atoms with Gasteiger partial charge in [0.15, 0.2) is 6.10 Å². The number of anilines is 2. The van der Waals surface area contributed by atoms with Crippen LogP contribution in [0.2, 0.25) is 0 Å². The van der Waals surface area contributed by atoms with Gasteiger partial charge in [0.1, 0.15) is 5.82 Å². The van der Waals surface area contributed by atoms with Gasteiger partial charge in [-0.05, 0) is 48.9 Å². The molecule has 3 rings (SSSR count). The van der Waals surface area contributed by atoms with Crippen LogP contribution >= 0.6 is 0 Å². The van der Waals surface area contributed by atoms with Crippen molar-refractivity contribution in [2.45, 2.75) is 19.4 Å². The first-order valence-electron chi connectivity index (χ1n) is 9.19. The summed E-state index contributed by atoms with van der Waals surface area (Å²) in [5.74, 6) is -1.33. The van der Waals surface area contributed by atoms with Gasteiger partial charge in [0.2, 0.25) is 0 Å². The average molecular weight is 386 g/mol. The fourth-order valence-electron chi connectivity index (χ4n) is 2.88. The van der Waals surface area contributed by atoms with Crippen LogP contribution in [-0.4, -0.2) is 44.3 Å². The molecule has 0 spiro atoms. The lowest BCUT2D eigenvalue weighted by atomic mass is 10.1. The molecule has 0 aromatic heterocycles. The number of carbonyl (C=O) groups is 2. The number of benzene rings is 2. The lowest BCUT2D eigenvalue weighted by Crippen LogP contribution is -2.36. The van der Waals surface area contributed by atoms with Crippen molar-refractivity contribution in [3.05, 3.63) is 59.9 Å². The van der Waals surface area contributed by atoms with Crippen molar-refractivity contribution in [1.29, 1.82) is 0 Å². The molecule has 1 N–H and O–H groups in total. The number of esters is 1. The second-order valence-corrected chi connectivity index (χ2v) is 6.57. The number of hydrogen-bond acceptors (Lipinski definition) is 5. The highest BCUT2D eigenvalue weighted by atomic mass is 19.1. The highest BCUT2D eigenvalue weighted by molar-refractivity contribution is 5.95. The molecule has 0 saturated carbocycles. The minimum Gasteiger partial charge on any atom is -0.452 e. The van der Waals surface area contributed by atoms with E-state index in [1.165, 1.54) is 31.2 Å². The molecule has 1 heterocycles. The third kappa shape index (κ3) is 5.53. The van der Waals surface area contributed by atoms with Gasteiger partial charge in [0, 0.05) is 24.5 Å². The number of halogens is 1. The van der Waals surface area contributed by atoms with Gasteiger partial charge in [-0.1, -0.05) is 12.1 Å². The average Bonchev–Trinajstić information content (AvgIpc) is 2.71. The fourth-order valence-corrected chi connectivity index (χ4v) is 2.88. The van der Waals surface area contributed by atoms with E-state index in [4.69, 9.17) is 9.47 Å². The zero-order valence-corrected chi connectivity index (χ0v) is 15.7. The molecule has 2 aromatic rings. The summed E-state index contributed by atoms with van der Waals surface area (Å²) in [6.45, 7) is 4.61. The van der Waals surface area contributed by atoms with Gasteiger partial charge in [0.05, 0.1) is 19.6 Å². The molecule has 6 nitrogen and oxygen atoms in total. The number of rotatable bonds is 6. The largest absolute Gasteiger partial charge is 0.452 e. The van der Waals surface area contributed by atoms with E-state index in [0.717, 1.165) is 18.8 Å². The van der Waals surface area contributed by atoms with Crippen LogP contribution < -0.4 is 10.2 Å². The van der Waals surface area contributed by atoms with Crippen molar-refractivity contribution >= 4 is 23.3 Å². The van der Waals surface area contributed by atoms with E-state index in [2.05, 4.69) is 10.2 Å². The van der Waals surface area contributed by atoms with Gasteiger partial charge in [-0.2, -0.15) is 0 Å². The van der Waals surface area contributed by atoms with E-state index < -0.39 is 18.0 Å². The molecular weight excluding hydrogens is 363 g/mol. The third-order valence-electron chi connectivity index (χ3n) is 4.45. The molecular formula is C21H23FN2O4. The summed E-state index contributed by atoms with van der Waals surface area (Å²) >= 11 is 0. The summed E-state index contributed by atoms with van der Waals surface area (Å²) in [7, 11) is 0. The zero-order valence-electron chi connectivity index (χ0n) is 15.7. The maximum atomic E-state index is 12.9. The molecule has 1 aliphatic rings. The van der Waals surface area contributed by atoms with Crippen molar-refractivity contribution < 1.29 is 23.5 Å². The Morgan fingerprint density at radius 3 is 2.39 bits per heavy atom. The molecule has 0 aliphatic carbocycles. The Hall–Kier alpha value is -2.93. The molecule has 0 unspecified atom stereocenters. The molecule has 2 aromatic carbocycles. The number of morpholine rings is 1. The number of ether oxygens (including phenoxy) is 2. The highest BCUT2D eigenvalue weighted by Gasteiger charge is 2.18. The minimum absolute atomic E-state index is 0.0217. The van der Waals surface area contributed by atoms with Crippen LogP contribution in [0.1, 0.15) is 12.5 Å². The Bertz CT molecular complexity index is 802. The van der Waals surface area contributed by atoms with Crippen LogP contribution in [0.5, 0.6) is 0 Å². The van der Waals surface area contributed by atoms with Crippen molar-refractivity contribution in [3.63, 3.8) is 0 Å². The molecule has 1 aliphatic heterocycles. The number of carbonyl (C=O) groups excluding carboxylic acids is 2. The molecule has 7 heteroatoms. The van der Waals surface area contributed by atoms with E-state index in [9.17, 15) is 14.0 Å². The summed E-state index contributed by atoms with van der Waals surface area (Å²) in [6.07, 6.45) is -0.960. The fraction of sp³-hybridized carbons (Fsp3) is 0.333. The third-order valence-corrected chi connectivity index (χ3v) is 4.45. The van der Waals surface area contributed by atoms with Gasteiger partial charge in [-0.15, -0.1) is 0 Å². The van der Waals surface area contributed by atoms with Gasteiger partial charge in [-0.3, -0.25) is 9.59 Å². The highest BCUT2D eigenvalue weighted by Crippen LogP contribution is 2.19. The number of hydrogen-bond donors (Lipinski definition) is 1. The van der Waals surface area contributed by atoms with Gasteiger partial charge < -0.3 is 19.7 Å². The summed E-state index contributed by atoms with van der Waals surface area (Å²) in [6, 6.07) is 13.1. The monoisotopic (exact) mass is 386 g/mol. The maximum absolute atomic E-state index is 12.9. The van der Waals surface area contributed by atoms with Crippen LogP contribution in [0.4, 0.5) is 15.8 Å². The van der Waals surface area contributed by atoms with Crippen LogP contribution in [0.15, 0.2) is 48.5 Å². The van der Waals surface area contributed by atoms with Gasteiger partial charge in [0.25, 0.3) is 5.91 Å². The second kappa shape index (κ2) is 9.32. The molecule has 28 heavy (non-hydrogen) atoms. The predicted molar refractivity (Wildman–Crippen MR) is 104 cm³/mol. The lowest BCUT2D eigenvalue weighted by molar-refractivity contribution is -0.152. The number of nitrogens with one attached hydrogen (secondary N) is 1. The predicted octanol–water partition coefficient (Wildman–Crippen LogP) is 2.78. The van der Waals surface area contributed by atoms with E-state index >= 15 is 0 Å². The Kier molecular flexibility index (Phi) is 6.60. The van der Waals surface area contributed by atoms with Gasteiger partial charge >= 0.3 is 5.97 Å². The molecule has 0 radical (unpaired) electrons. The van der Waals surface area contributed by atoms with Crippen molar-refractivity contribution in [2.75, 3.05) is 36.5 Å². The van der Waals surface area contributed by atoms with E-state index in [-0.39, 0.29) is 12.2 Å². The molecule has 1 atom stereocenters. The van der Waals surface area contributed by atoms with E-state index in [0.29, 0.717) is 24.5 Å². The lowest BCUT2D eigenvalue weighted by Gasteiger charge is -2.28. The zero-order chi connectivity index (χ0) is 19.9. The SMILES string of the molecule is C[C@H](OC(=O)Cc1ccc(F)cc1)C(=O)Nc1ccc(N2CCOCC2)cc1. The summed E-state index contributed by atoms with van der Waals surface area (Å²) in [5.41, 5.74) is 2.32. The molecule has 1 fully saturated rings. The van der Waals surface area contributed by atoms with Crippen molar-refractivity contribution in [3.8, 4) is 0 Å². The van der Waals surface area contributed by atoms with Crippen LogP contribution in [0.25, 0.3) is 0 Å². The normalized spacial score (nSPS) is 15.0. The smallest absolute Gasteiger partial charge is 0.311 e. The van der Waals surface area contributed by atoms with Crippen molar-refractivity contribution in [1.82, 2.24) is 0 Å². The first-order chi connectivity index (χ1) is 13.5. The summed E-state index contributed by atoms with van der Waals surface area (Å²) < 4.78 is 23.4. The van der Waals surface area contributed by atoms with E-state index in [1.54, 1.807) is 0 Å². The quantitative estimate of drug-likeness (QED) is 0.774. The minimum atomic E-state index is -0.938. The van der Waals surface area contributed by atoms with Gasteiger partial charge in [-0.25, -0.2) is 4.39 Å². The second-order valence-electron chi connectivity index (χ2n) is 6.57. The molecule has 1 amide bonds. The van der Waals surface area contributed by atoms with Crippen LogP contribution in [-0.2, 0) is 25.5 Å². The first kappa shape index (κ1) is 19.8. The Labute approximate surface area is 163 Å². The topological polar surface area (TPSA) is 67.9 Å². The summed E-state index contributed by atoms with van der Waals surface area (Å²) in [4.78, 5) is 26.5. The Morgan fingerprint density at radius 1 is 1.11 bits per heavy atom. The maximum Gasteiger partial charge on any atom is 0.311 e. The summed E-state index contributed by atoms with van der Waals surface area (Å²) in [5, 5.41) is 2.74. The number of nitrogens with zero attached hydrogens (tertiary/aromatic N) is 1. The first-order valence-corrected chi connectivity index (χ1v) is 9.19. The molecule has 148 valence electrons.